The van der Waals surface area contributed by atoms with E-state index in [4.69, 9.17) is 21.1 Å². The molecule has 0 spiro atoms. The van der Waals surface area contributed by atoms with Crippen molar-refractivity contribution in [3.05, 3.63) is 41.8 Å². The Kier molecular flexibility index (Phi) is 3.62. The van der Waals surface area contributed by atoms with Gasteiger partial charge in [-0.15, -0.1) is 0 Å². The van der Waals surface area contributed by atoms with Crippen LogP contribution >= 0.6 is 11.6 Å². The monoisotopic (exact) mass is 304 g/mol. The fourth-order valence-electron chi connectivity index (χ4n) is 1.98. The van der Waals surface area contributed by atoms with Crippen LogP contribution in [0.5, 0.6) is 11.5 Å². The Morgan fingerprint density at radius 1 is 1.24 bits per heavy atom. The molecule has 3 aromatic rings. The van der Waals surface area contributed by atoms with E-state index in [-0.39, 0.29) is 0 Å². The lowest BCUT2D eigenvalue weighted by atomic mass is 10.2. The smallest absolute Gasteiger partial charge is 0.163 e. The molecule has 0 bridgehead atoms. The quantitative estimate of drug-likeness (QED) is 0.693. The normalized spacial score (nSPS) is 10.8. The summed E-state index contributed by atoms with van der Waals surface area (Å²) in [6, 6.07) is 3.56. The summed E-state index contributed by atoms with van der Waals surface area (Å²) in [4.78, 5) is 12.2. The third-order valence-electron chi connectivity index (χ3n) is 3.16. The molecule has 0 saturated heterocycles. The molecule has 0 amide bonds. The summed E-state index contributed by atoms with van der Waals surface area (Å²) in [6.45, 7) is 0.386. The number of imidazole rings is 1. The SMILES string of the molecule is COc1cc2c(Cl)ncnc2cc1OCc1cncn1C. The third kappa shape index (κ3) is 2.62. The van der Waals surface area contributed by atoms with E-state index in [0.29, 0.717) is 28.8 Å². The van der Waals surface area contributed by atoms with Gasteiger partial charge in [0.05, 0.1) is 30.8 Å². The van der Waals surface area contributed by atoms with Gasteiger partial charge in [-0.2, -0.15) is 0 Å². The van der Waals surface area contributed by atoms with Crippen molar-refractivity contribution in [1.29, 1.82) is 0 Å². The fraction of sp³-hybridized carbons (Fsp3) is 0.214. The first-order chi connectivity index (χ1) is 10.2. The molecule has 0 unspecified atom stereocenters. The van der Waals surface area contributed by atoms with Gasteiger partial charge in [0.1, 0.15) is 18.1 Å². The number of fused-ring (bicyclic) bond motifs is 1. The van der Waals surface area contributed by atoms with Gasteiger partial charge in [0, 0.05) is 18.5 Å². The summed E-state index contributed by atoms with van der Waals surface area (Å²) in [7, 11) is 3.49. The molecule has 0 N–H and O–H groups in total. The van der Waals surface area contributed by atoms with E-state index < -0.39 is 0 Å². The number of methoxy groups -OCH3 is 1. The van der Waals surface area contributed by atoms with E-state index >= 15 is 0 Å². The lowest BCUT2D eigenvalue weighted by molar-refractivity contribution is 0.278. The van der Waals surface area contributed by atoms with Crippen LogP contribution in [-0.2, 0) is 13.7 Å². The van der Waals surface area contributed by atoms with Crippen LogP contribution in [-0.4, -0.2) is 26.6 Å². The zero-order valence-electron chi connectivity index (χ0n) is 11.6. The summed E-state index contributed by atoms with van der Waals surface area (Å²) >= 11 is 6.06. The topological polar surface area (TPSA) is 62.1 Å². The molecule has 0 aliphatic carbocycles. The van der Waals surface area contributed by atoms with Crippen LogP contribution in [0.3, 0.4) is 0 Å². The molecule has 2 aromatic heterocycles. The number of rotatable bonds is 4. The maximum Gasteiger partial charge on any atom is 0.163 e. The Labute approximate surface area is 126 Å². The van der Waals surface area contributed by atoms with E-state index in [2.05, 4.69) is 15.0 Å². The number of aromatic nitrogens is 4. The molecule has 1 aromatic carbocycles. The van der Waals surface area contributed by atoms with Crippen molar-refractivity contribution in [2.75, 3.05) is 7.11 Å². The van der Waals surface area contributed by atoms with Crippen LogP contribution in [0.2, 0.25) is 5.15 Å². The maximum atomic E-state index is 6.06. The molecular formula is C14H13ClN4O2. The van der Waals surface area contributed by atoms with Crippen molar-refractivity contribution < 1.29 is 9.47 Å². The van der Waals surface area contributed by atoms with Gasteiger partial charge in [0.15, 0.2) is 11.5 Å². The molecule has 3 rings (SSSR count). The van der Waals surface area contributed by atoms with Crippen LogP contribution in [0, 0.1) is 0 Å². The lowest BCUT2D eigenvalue weighted by Crippen LogP contribution is -2.02. The van der Waals surface area contributed by atoms with E-state index in [1.54, 1.807) is 31.8 Å². The molecule has 2 heterocycles. The van der Waals surface area contributed by atoms with Crippen LogP contribution in [0.15, 0.2) is 31.0 Å². The Bertz CT molecular complexity index is 788. The summed E-state index contributed by atoms with van der Waals surface area (Å²) in [5.74, 6) is 1.18. The second-order valence-corrected chi connectivity index (χ2v) is 4.83. The minimum Gasteiger partial charge on any atom is -0.493 e. The summed E-state index contributed by atoms with van der Waals surface area (Å²) < 4.78 is 13.1. The molecule has 108 valence electrons. The molecule has 21 heavy (non-hydrogen) atoms. The van der Waals surface area contributed by atoms with Crippen molar-refractivity contribution in [2.45, 2.75) is 6.61 Å². The summed E-state index contributed by atoms with van der Waals surface area (Å²) in [5, 5.41) is 1.11. The fourth-order valence-corrected chi connectivity index (χ4v) is 2.18. The standard InChI is InChI=1S/C14H13ClN4O2/c1-19-8-16-5-9(19)6-21-13-4-11-10(3-12(13)20-2)14(15)18-7-17-11/h3-5,7-8H,6H2,1-2H3. The molecule has 0 aliphatic rings. The molecule has 0 atom stereocenters. The first-order valence-electron chi connectivity index (χ1n) is 6.25. The molecule has 7 heteroatoms. The van der Waals surface area contributed by atoms with Crippen LogP contribution in [0.25, 0.3) is 10.9 Å². The molecule has 0 radical (unpaired) electrons. The predicted octanol–water partition coefficient (Wildman–Crippen LogP) is 2.60. The van der Waals surface area contributed by atoms with Gasteiger partial charge in [-0.25, -0.2) is 15.0 Å². The first-order valence-corrected chi connectivity index (χ1v) is 6.63. The summed E-state index contributed by atoms with van der Waals surface area (Å²) in [5.41, 5.74) is 1.66. The number of nitrogens with zero attached hydrogens (tertiary/aromatic N) is 4. The van der Waals surface area contributed by atoms with Gasteiger partial charge in [-0.05, 0) is 6.07 Å². The van der Waals surface area contributed by atoms with Gasteiger partial charge in [0.25, 0.3) is 0 Å². The highest BCUT2D eigenvalue weighted by Crippen LogP contribution is 2.34. The van der Waals surface area contributed by atoms with Gasteiger partial charge in [-0.1, -0.05) is 11.6 Å². The van der Waals surface area contributed by atoms with Crippen molar-refractivity contribution in [2.24, 2.45) is 7.05 Å². The van der Waals surface area contributed by atoms with E-state index in [0.717, 1.165) is 11.1 Å². The number of hydrogen-bond donors (Lipinski definition) is 0. The van der Waals surface area contributed by atoms with E-state index in [1.807, 2.05) is 11.6 Å². The molecular weight excluding hydrogens is 292 g/mol. The number of benzene rings is 1. The Hall–Kier alpha value is -2.34. The largest absolute Gasteiger partial charge is 0.493 e. The van der Waals surface area contributed by atoms with E-state index in [1.165, 1.54) is 6.33 Å². The van der Waals surface area contributed by atoms with Gasteiger partial charge < -0.3 is 14.0 Å². The number of hydrogen-bond acceptors (Lipinski definition) is 5. The van der Waals surface area contributed by atoms with Gasteiger partial charge in [-0.3, -0.25) is 0 Å². The average molecular weight is 305 g/mol. The Morgan fingerprint density at radius 3 is 2.81 bits per heavy atom. The van der Waals surface area contributed by atoms with Gasteiger partial charge >= 0.3 is 0 Å². The van der Waals surface area contributed by atoms with Crippen molar-refractivity contribution in [3.63, 3.8) is 0 Å². The highest BCUT2D eigenvalue weighted by molar-refractivity contribution is 6.34. The second-order valence-electron chi connectivity index (χ2n) is 4.47. The van der Waals surface area contributed by atoms with E-state index in [9.17, 15) is 0 Å². The van der Waals surface area contributed by atoms with Crippen LogP contribution in [0.4, 0.5) is 0 Å². The summed E-state index contributed by atoms with van der Waals surface area (Å²) in [6.07, 6.45) is 4.90. The highest BCUT2D eigenvalue weighted by atomic mass is 35.5. The molecule has 0 fully saturated rings. The zero-order chi connectivity index (χ0) is 14.8. The number of aryl methyl sites for hydroxylation is 1. The van der Waals surface area contributed by atoms with Gasteiger partial charge in [0.2, 0.25) is 0 Å². The predicted molar refractivity (Wildman–Crippen MR) is 78.6 cm³/mol. The minimum atomic E-state index is 0.386. The van der Waals surface area contributed by atoms with Crippen LogP contribution < -0.4 is 9.47 Å². The van der Waals surface area contributed by atoms with Crippen molar-refractivity contribution in [3.8, 4) is 11.5 Å². The lowest BCUT2D eigenvalue weighted by Gasteiger charge is -2.12. The second kappa shape index (κ2) is 5.57. The molecule has 6 nitrogen and oxygen atoms in total. The number of ether oxygens (including phenoxy) is 2. The first kappa shape index (κ1) is 13.6. The Morgan fingerprint density at radius 2 is 2.10 bits per heavy atom. The Balaban J connectivity index is 1.95. The maximum absolute atomic E-state index is 6.06. The van der Waals surface area contributed by atoms with Crippen LogP contribution in [0.1, 0.15) is 5.69 Å². The number of halogens is 1. The third-order valence-corrected chi connectivity index (χ3v) is 3.47. The average Bonchev–Trinajstić information content (AvgIpc) is 2.90. The molecule has 0 saturated carbocycles. The highest BCUT2D eigenvalue weighted by Gasteiger charge is 2.11. The molecule has 0 aliphatic heterocycles. The van der Waals surface area contributed by atoms with Crippen molar-refractivity contribution >= 4 is 22.5 Å². The minimum absolute atomic E-state index is 0.386. The zero-order valence-corrected chi connectivity index (χ0v) is 12.3. The van der Waals surface area contributed by atoms with Crippen molar-refractivity contribution in [1.82, 2.24) is 19.5 Å².